The molecule has 11 heteroatoms. The number of sulfone groups is 1. The molecule has 3 aromatic carbocycles. The van der Waals surface area contributed by atoms with Gasteiger partial charge in [-0.25, -0.2) is 22.8 Å². The van der Waals surface area contributed by atoms with Crippen LogP contribution in [0.5, 0.6) is 5.75 Å². The molecule has 42 heavy (non-hydrogen) atoms. The molecule has 0 spiro atoms. The van der Waals surface area contributed by atoms with Gasteiger partial charge in [0.15, 0.2) is 9.84 Å². The van der Waals surface area contributed by atoms with Gasteiger partial charge in [-0.05, 0) is 66.2 Å². The van der Waals surface area contributed by atoms with Crippen LogP contribution in [-0.4, -0.2) is 43.0 Å². The Labute approximate surface area is 249 Å². The minimum absolute atomic E-state index is 0.113. The van der Waals surface area contributed by atoms with E-state index in [9.17, 15) is 12.8 Å². The molecular formula is C31H32ClFN4O4S. The summed E-state index contributed by atoms with van der Waals surface area (Å²) in [5.74, 6) is 1.02. The lowest BCUT2D eigenvalue weighted by Crippen LogP contribution is -2.32. The van der Waals surface area contributed by atoms with Crippen LogP contribution in [0.3, 0.4) is 0 Å². The van der Waals surface area contributed by atoms with E-state index in [1.165, 1.54) is 18.5 Å². The fourth-order valence-electron chi connectivity index (χ4n) is 4.80. The second kappa shape index (κ2) is 13.1. The third kappa shape index (κ3) is 7.18. The van der Waals surface area contributed by atoms with Crippen molar-refractivity contribution in [3.63, 3.8) is 0 Å². The lowest BCUT2D eigenvalue weighted by atomic mass is 9.87. The van der Waals surface area contributed by atoms with Crippen LogP contribution >= 0.6 is 11.6 Å². The van der Waals surface area contributed by atoms with Crippen molar-refractivity contribution in [2.24, 2.45) is 0 Å². The van der Waals surface area contributed by atoms with Crippen LogP contribution in [0.1, 0.15) is 30.9 Å². The first kappa shape index (κ1) is 29.8. The van der Waals surface area contributed by atoms with Crippen LogP contribution in [0.2, 0.25) is 5.02 Å². The maximum atomic E-state index is 13.5. The van der Waals surface area contributed by atoms with Gasteiger partial charge in [-0.15, -0.1) is 0 Å². The normalized spacial score (nSPS) is 16.5. The molecule has 8 nitrogen and oxygen atoms in total. The van der Waals surface area contributed by atoms with E-state index in [4.69, 9.17) is 21.1 Å². The largest absolute Gasteiger partial charge is 0.490 e. The fraction of sp³-hybridized carbons (Fsp3) is 0.290. The second-order valence-corrected chi connectivity index (χ2v) is 12.9. The van der Waals surface area contributed by atoms with Gasteiger partial charge in [0, 0.05) is 36.2 Å². The Morgan fingerprint density at radius 3 is 2.74 bits per heavy atom. The van der Waals surface area contributed by atoms with E-state index in [0.29, 0.717) is 53.8 Å². The number of ether oxygens (including phenoxy) is 2. The standard InChI is InChI=1S/C31H32ClFN4O4S/c1-2-42(38,39)16-14-34-13-12-31(11-4-15-41-31)23-7-9-28-26(18-23)30(36-21-35-28)37-25-8-10-29(27(32)19-25)40-20-22-5-3-6-24(33)17-22/h3-10,15,17-19,21,34H,2,11-14,16,20H2,1H3,(H,35,36,37). The molecule has 0 saturated carbocycles. The summed E-state index contributed by atoms with van der Waals surface area (Å²) >= 11 is 6.51. The van der Waals surface area contributed by atoms with Gasteiger partial charge in [-0.1, -0.05) is 36.7 Å². The molecule has 1 atom stereocenters. The summed E-state index contributed by atoms with van der Waals surface area (Å²) in [6, 6.07) is 17.6. The minimum Gasteiger partial charge on any atom is -0.490 e. The van der Waals surface area contributed by atoms with Crippen molar-refractivity contribution < 1.29 is 22.3 Å². The van der Waals surface area contributed by atoms with Crippen LogP contribution in [0.25, 0.3) is 10.9 Å². The number of fused-ring (bicyclic) bond motifs is 1. The molecule has 1 aliphatic heterocycles. The number of halogens is 2. The summed E-state index contributed by atoms with van der Waals surface area (Å²) in [6.07, 6.45) is 6.55. The molecule has 2 heterocycles. The Hall–Kier alpha value is -3.73. The number of anilines is 2. The number of rotatable bonds is 13. The highest BCUT2D eigenvalue weighted by atomic mass is 35.5. The zero-order chi connectivity index (χ0) is 29.6. The molecule has 220 valence electrons. The minimum atomic E-state index is -3.02. The van der Waals surface area contributed by atoms with Gasteiger partial charge in [-0.3, -0.25) is 0 Å². The Morgan fingerprint density at radius 2 is 1.98 bits per heavy atom. The van der Waals surface area contributed by atoms with E-state index in [1.807, 2.05) is 30.3 Å². The van der Waals surface area contributed by atoms with Crippen molar-refractivity contribution in [1.29, 1.82) is 0 Å². The molecule has 1 aliphatic rings. The SMILES string of the molecule is CCS(=O)(=O)CCNCCC1(c2ccc3ncnc(Nc4ccc(OCc5cccc(F)c5)c(Cl)c4)c3c2)CC=CO1. The average Bonchev–Trinajstić information content (AvgIpc) is 3.47. The monoisotopic (exact) mass is 610 g/mol. The summed E-state index contributed by atoms with van der Waals surface area (Å²) in [5.41, 5.74) is 2.57. The molecule has 0 aliphatic carbocycles. The Kier molecular flexibility index (Phi) is 9.25. The first-order chi connectivity index (χ1) is 20.3. The van der Waals surface area contributed by atoms with E-state index in [0.717, 1.165) is 16.5 Å². The van der Waals surface area contributed by atoms with Crippen LogP contribution in [0.15, 0.2) is 79.3 Å². The fourth-order valence-corrected chi connectivity index (χ4v) is 5.78. The zero-order valence-corrected chi connectivity index (χ0v) is 24.7. The summed E-state index contributed by atoms with van der Waals surface area (Å²) < 4.78 is 49.0. The maximum absolute atomic E-state index is 13.5. The first-order valence-electron chi connectivity index (χ1n) is 13.7. The third-order valence-corrected chi connectivity index (χ3v) is 9.21. The summed E-state index contributed by atoms with van der Waals surface area (Å²) in [4.78, 5) is 8.92. The van der Waals surface area contributed by atoms with Crippen LogP contribution in [0.4, 0.5) is 15.9 Å². The van der Waals surface area contributed by atoms with Crippen molar-refractivity contribution in [3.05, 3.63) is 101 Å². The molecular weight excluding hydrogens is 579 g/mol. The summed E-state index contributed by atoms with van der Waals surface area (Å²) in [5, 5.41) is 7.80. The Bertz CT molecular complexity index is 1690. The van der Waals surface area contributed by atoms with Crippen molar-refractivity contribution in [2.75, 3.05) is 29.9 Å². The summed E-state index contributed by atoms with van der Waals surface area (Å²) in [6.45, 7) is 2.85. The Balaban J connectivity index is 1.30. The second-order valence-electron chi connectivity index (χ2n) is 10.1. The van der Waals surface area contributed by atoms with Gasteiger partial charge < -0.3 is 20.1 Å². The van der Waals surface area contributed by atoms with Crippen molar-refractivity contribution in [1.82, 2.24) is 15.3 Å². The molecule has 0 radical (unpaired) electrons. The molecule has 2 N–H and O–H groups in total. The number of hydrogen-bond donors (Lipinski definition) is 2. The first-order valence-corrected chi connectivity index (χ1v) is 15.9. The van der Waals surface area contributed by atoms with Crippen molar-refractivity contribution in [3.8, 4) is 5.75 Å². The van der Waals surface area contributed by atoms with E-state index in [2.05, 4.69) is 20.6 Å². The lowest BCUT2D eigenvalue weighted by molar-refractivity contribution is 0.0329. The summed E-state index contributed by atoms with van der Waals surface area (Å²) in [7, 11) is -3.02. The predicted octanol–water partition coefficient (Wildman–Crippen LogP) is 6.29. The van der Waals surface area contributed by atoms with Crippen molar-refractivity contribution >= 4 is 43.8 Å². The van der Waals surface area contributed by atoms with Crippen LogP contribution < -0.4 is 15.4 Å². The van der Waals surface area contributed by atoms with Crippen molar-refractivity contribution in [2.45, 2.75) is 32.0 Å². The van der Waals surface area contributed by atoms with E-state index >= 15 is 0 Å². The third-order valence-electron chi connectivity index (χ3n) is 7.21. The molecule has 0 fully saturated rings. The predicted molar refractivity (Wildman–Crippen MR) is 163 cm³/mol. The average molecular weight is 611 g/mol. The van der Waals surface area contributed by atoms with Gasteiger partial charge in [-0.2, -0.15) is 0 Å². The van der Waals surface area contributed by atoms with E-state index < -0.39 is 15.4 Å². The molecule has 4 aromatic rings. The van der Waals surface area contributed by atoms with Crippen LogP contribution in [0, 0.1) is 5.82 Å². The molecule has 0 amide bonds. The molecule has 0 saturated heterocycles. The molecule has 1 aromatic heterocycles. The van der Waals surface area contributed by atoms with Gasteiger partial charge in [0.1, 0.15) is 35.9 Å². The quantitative estimate of drug-likeness (QED) is 0.170. The Morgan fingerprint density at radius 1 is 1.10 bits per heavy atom. The lowest BCUT2D eigenvalue weighted by Gasteiger charge is -2.30. The number of benzene rings is 3. The van der Waals surface area contributed by atoms with Gasteiger partial charge in [0.25, 0.3) is 0 Å². The van der Waals surface area contributed by atoms with Gasteiger partial charge in [0.05, 0.1) is 22.6 Å². The van der Waals surface area contributed by atoms with Crippen LogP contribution in [-0.2, 0) is 26.8 Å². The number of nitrogens with one attached hydrogen (secondary N) is 2. The number of hydrogen-bond acceptors (Lipinski definition) is 8. The number of nitrogens with zero attached hydrogens (tertiary/aromatic N) is 2. The van der Waals surface area contributed by atoms with Gasteiger partial charge in [0.2, 0.25) is 0 Å². The zero-order valence-electron chi connectivity index (χ0n) is 23.1. The topological polar surface area (TPSA) is 102 Å². The molecule has 5 rings (SSSR count). The van der Waals surface area contributed by atoms with E-state index in [-0.39, 0.29) is 23.9 Å². The highest BCUT2D eigenvalue weighted by Crippen LogP contribution is 2.40. The molecule has 0 bridgehead atoms. The smallest absolute Gasteiger partial charge is 0.151 e. The molecule has 1 unspecified atom stereocenters. The maximum Gasteiger partial charge on any atom is 0.151 e. The van der Waals surface area contributed by atoms with E-state index in [1.54, 1.807) is 37.5 Å². The highest BCUT2D eigenvalue weighted by Gasteiger charge is 2.35. The highest BCUT2D eigenvalue weighted by molar-refractivity contribution is 7.91. The number of aromatic nitrogens is 2. The van der Waals surface area contributed by atoms with Gasteiger partial charge >= 0.3 is 0 Å².